The standard InChI is InChI=1S/C14H19NO2/c1-10-4-3-5-11(8-10)9-15-14(2,13(16)17)12-6-7-12/h3-5,8,12,15H,6-7,9H2,1-2H3,(H,16,17). The summed E-state index contributed by atoms with van der Waals surface area (Å²) in [5.41, 5.74) is 1.56. The van der Waals surface area contributed by atoms with Gasteiger partial charge in [-0.2, -0.15) is 0 Å². The van der Waals surface area contributed by atoms with Gasteiger partial charge in [0.05, 0.1) is 0 Å². The van der Waals surface area contributed by atoms with Crippen molar-refractivity contribution in [2.45, 2.75) is 38.8 Å². The SMILES string of the molecule is Cc1cccc(CNC(C)(C(=O)O)C2CC2)c1. The molecular weight excluding hydrogens is 214 g/mol. The summed E-state index contributed by atoms with van der Waals surface area (Å²) in [6.07, 6.45) is 2.03. The quantitative estimate of drug-likeness (QED) is 0.820. The molecule has 92 valence electrons. The number of aryl methyl sites for hydroxylation is 1. The van der Waals surface area contributed by atoms with Crippen LogP contribution in [0.15, 0.2) is 24.3 Å². The molecule has 0 amide bonds. The predicted molar refractivity (Wildman–Crippen MR) is 66.8 cm³/mol. The van der Waals surface area contributed by atoms with Crippen LogP contribution in [-0.2, 0) is 11.3 Å². The fraction of sp³-hybridized carbons (Fsp3) is 0.500. The summed E-state index contributed by atoms with van der Waals surface area (Å²) >= 11 is 0. The molecule has 1 unspecified atom stereocenters. The van der Waals surface area contributed by atoms with E-state index < -0.39 is 11.5 Å². The normalized spacial score (nSPS) is 18.7. The highest BCUT2D eigenvalue weighted by Crippen LogP contribution is 2.39. The van der Waals surface area contributed by atoms with Crippen molar-refractivity contribution in [3.63, 3.8) is 0 Å². The highest BCUT2D eigenvalue weighted by molar-refractivity contribution is 5.79. The summed E-state index contributed by atoms with van der Waals surface area (Å²) in [5, 5.41) is 12.5. The lowest BCUT2D eigenvalue weighted by molar-refractivity contribution is -0.145. The summed E-state index contributed by atoms with van der Waals surface area (Å²) in [7, 11) is 0. The Balaban J connectivity index is 2.03. The first-order valence-electron chi connectivity index (χ1n) is 6.06. The summed E-state index contributed by atoms with van der Waals surface area (Å²) < 4.78 is 0. The molecule has 0 aromatic heterocycles. The van der Waals surface area contributed by atoms with Gasteiger partial charge in [0.2, 0.25) is 0 Å². The largest absolute Gasteiger partial charge is 0.480 e. The molecule has 1 aromatic rings. The second kappa shape index (κ2) is 4.49. The minimum atomic E-state index is -0.774. The molecule has 17 heavy (non-hydrogen) atoms. The molecule has 0 radical (unpaired) electrons. The fourth-order valence-electron chi connectivity index (χ4n) is 2.16. The van der Waals surface area contributed by atoms with E-state index in [1.165, 1.54) is 5.56 Å². The first kappa shape index (κ1) is 12.1. The smallest absolute Gasteiger partial charge is 0.323 e. The Labute approximate surface area is 102 Å². The zero-order valence-corrected chi connectivity index (χ0v) is 10.4. The van der Waals surface area contributed by atoms with Crippen LogP contribution < -0.4 is 5.32 Å². The molecule has 0 heterocycles. The Morgan fingerprint density at radius 1 is 1.53 bits per heavy atom. The number of nitrogens with one attached hydrogen (secondary N) is 1. The molecule has 1 saturated carbocycles. The third-order valence-corrected chi connectivity index (χ3v) is 3.58. The molecule has 0 bridgehead atoms. The van der Waals surface area contributed by atoms with Gasteiger partial charge >= 0.3 is 5.97 Å². The molecule has 1 aromatic carbocycles. The number of carboxylic acid groups (broad SMARTS) is 1. The molecule has 1 aliphatic rings. The third-order valence-electron chi connectivity index (χ3n) is 3.58. The van der Waals surface area contributed by atoms with E-state index in [2.05, 4.69) is 11.4 Å². The van der Waals surface area contributed by atoms with E-state index in [4.69, 9.17) is 0 Å². The maximum absolute atomic E-state index is 11.3. The van der Waals surface area contributed by atoms with Crippen molar-refractivity contribution >= 4 is 5.97 Å². The number of carboxylic acids is 1. The van der Waals surface area contributed by atoms with Crippen molar-refractivity contribution in [1.29, 1.82) is 0 Å². The van der Waals surface area contributed by atoms with Crippen LogP contribution in [0.4, 0.5) is 0 Å². The van der Waals surface area contributed by atoms with Crippen LogP contribution >= 0.6 is 0 Å². The molecule has 1 fully saturated rings. The third kappa shape index (κ3) is 2.67. The average molecular weight is 233 g/mol. The molecule has 2 N–H and O–H groups in total. The van der Waals surface area contributed by atoms with Crippen LogP contribution in [0.3, 0.4) is 0 Å². The summed E-state index contributed by atoms with van der Waals surface area (Å²) in [5.74, 6) is -0.461. The zero-order valence-electron chi connectivity index (χ0n) is 10.4. The molecule has 3 nitrogen and oxygen atoms in total. The number of aliphatic carboxylic acids is 1. The van der Waals surface area contributed by atoms with Crippen LogP contribution in [0.2, 0.25) is 0 Å². The zero-order chi connectivity index (χ0) is 12.5. The lowest BCUT2D eigenvalue weighted by atomic mass is 9.95. The van der Waals surface area contributed by atoms with Gasteiger partial charge in [-0.1, -0.05) is 29.8 Å². The Morgan fingerprint density at radius 3 is 2.76 bits per heavy atom. The molecule has 0 aliphatic heterocycles. The van der Waals surface area contributed by atoms with E-state index in [0.29, 0.717) is 6.54 Å². The molecular formula is C14H19NO2. The van der Waals surface area contributed by atoms with Crippen molar-refractivity contribution in [3.05, 3.63) is 35.4 Å². The lowest BCUT2D eigenvalue weighted by Crippen LogP contribution is -2.51. The van der Waals surface area contributed by atoms with Gasteiger partial charge < -0.3 is 5.11 Å². The van der Waals surface area contributed by atoms with E-state index in [1.54, 1.807) is 6.92 Å². The number of benzene rings is 1. The van der Waals surface area contributed by atoms with E-state index in [-0.39, 0.29) is 5.92 Å². The number of hydrogen-bond donors (Lipinski definition) is 2. The highest BCUT2D eigenvalue weighted by atomic mass is 16.4. The topological polar surface area (TPSA) is 49.3 Å². The molecule has 3 heteroatoms. The van der Waals surface area contributed by atoms with Gasteiger partial charge in [0.25, 0.3) is 0 Å². The molecule has 0 spiro atoms. The van der Waals surface area contributed by atoms with Gasteiger partial charge in [-0.25, -0.2) is 0 Å². The summed E-state index contributed by atoms with van der Waals surface area (Å²) in [6, 6.07) is 8.15. The van der Waals surface area contributed by atoms with Crippen LogP contribution in [0.5, 0.6) is 0 Å². The van der Waals surface area contributed by atoms with E-state index in [9.17, 15) is 9.90 Å². The first-order valence-corrected chi connectivity index (χ1v) is 6.06. The van der Waals surface area contributed by atoms with Gasteiger partial charge in [-0.15, -0.1) is 0 Å². The molecule has 0 saturated heterocycles. The van der Waals surface area contributed by atoms with Gasteiger partial charge in [0.15, 0.2) is 0 Å². The lowest BCUT2D eigenvalue weighted by Gasteiger charge is -2.26. The van der Waals surface area contributed by atoms with Crippen molar-refractivity contribution in [1.82, 2.24) is 5.32 Å². The van der Waals surface area contributed by atoms with Gasteiger partial charge in [0, 0.05) is 6.54 Å². The van der Waals surface area contributed by atoms with Crippen molar-refractivity contribution in [3.8, 4) is 0 Å². The highest BCUT2D eigenvalue weighted by Gasteiger charge is 2.46. The summed E-state index contributed by atoms with van der Waals surface area (Å²) in [4.78, 5) is 11.3. The predicted octanol–water partition coefficient (Wildman–Crippen LogP) is 2.34. The Hall–Kier alpha value is -1.35. The Morgan fingerprint density at radius 2 is 2.24 bits per heavy atom. The molecule has 1 aliphatic carbocycles. The molecule has 2 rings (SSSR count). The average Bonchev–Trinajstić information content (AvgIpc) is 3.09. The second-order valence-corrected chi connectivity index (χ2v) is 5.12. The van der Waals surface area contributed by atoms with Gasteiger partial charge in [0.1, 0.15) is 5.54 Å². The number of carbonyl (C=O) groups is 1. The molecule has 1 atom stereocenters. The monoisotopic (exact) mass is 233 g/mol. The van der Waals surface area contributed by atoms with Crippen molar-refractivity contribution in [2.24, 2.45) is 5.92 Å². The van der Waals surface area contributed by atoms with E-state index in [1.807, 2.05) is 25.1 Å². The minimum Gasteiger partial charge on any atom is -0.480 e. The van der Waals surface area contributed by atoms with Crippen LogP contribution in [0.25, 0.3) is 0 Å². The van der Waals surface area contributed by atoms with Crippen molar-refractivity contribution < 1.29 is 9.90 Å². The number of hydrogen-bond acceptors (Lipinski definition) is 2. The first-order chi connectivity index (χ1) is 8.02. The van der Waals surface area contributed by atoms with E-state index >= 15 is 0 Å². The van der Waals surface area contributed by atoms with Gasteiger partial charge in [-0.05, 0) is 38.2 Å². The minimum absolute atomic E-state index is 0.282. The maximum Gasteiger partial charge on any atom is 0.323 e. The second-order valence-electron chi connectivity index (χ2n) is 5.12. The van der Waals surface area contributed by atoms with Crippen LogP contribution in [-0.4, -0.2) is 16.6 Å². The van der Waals surface area contributed by atoms with E-state index in [0.717, 1.165) is 18.4 Å². The van der Waals surface area contributed by atoms with Crippen molar-refractivity contribution in [2.75, 3.05) is 0 Å². The van der Waals surface area contributed by atoms with Crippen LogP contribution in [0.1, 0.15) is 30.9 Å². The van der Waals surface area contributed by atoms with Crippen LogP contribution in [0, 0.1) is 12.8 Å². The Kier molecular flexibility index (Phi) is 3.20. The Bertz CT molecular complexity index is 426. The fourth-order valence-corrected chi connectivity index (χ4v) is 2.16. The summed E-state index contributed by atoms with van der Waals surface area (Å²) in [6.45, 7) is 4.45. The van der Waals surface area contributed by atoms with Gasteiger partial charge in [-0.3, -0.25) is 10.1 Å². The maximum atomic E-state index is 11.3. The number of rotatable bonds is 5.